The molecule has 2 aromatic rings. The minimum absolute atomic E-state index is 0.0269. The highest BCUT2D eigenvalue weighted by Gasteiger charge is 2.15. The van der Waals surface area contributed by atoms with Crippen molar-refractivity contribution < 1.29 is 18.8 Å². The minimum Gasteiger partial charge on any atom is -0.486 e. The van der Waals surface area contributed by atoms with Crippen molar-refractivity contribution in [1.82, 2.24) is 5.16 Å². The van der Waals surface area contributed by atoms with Crippen LogP contribution in [0.15, 0.2) is 22.7 Å². The number of carbonyl (C=O) groups excluding carboxylic acids is 1. The molecule has 0 bridgehead atoms. The second-order valence-electron chi connectivity index (χ2n) is 4.71. The molecule has 3 rings (SSSR count). The lowest BCUT2D eigenvalue weighted by molar-refractivity contribution is -0.114. The molecule has 0 spiro atoms. The summed E-state index contributed by atoms with van der Waals surface area (Å²) in [7, 11) is 0. The Kier molecular flexibility index (Phi) is 4.06. The predicted octanol–water partition coefficient (Wildman–Crippen LogP) is 2.46. The third-order valence-electron chi connectivity index (χ3n) is 2.96. The van der Waals surface area contributed by atoms with Crippen LogP contribution in [0.3, 0.4) is 0 Å². The smallest absolute Gasteiger partial charge is 0.246 e. The highest BCUT2D eigenvalue weighted by atomic mass is 35.5. The van der Waals surface area contributed by atoms with Crippen LogP contribution in [-0.4, -0.2) is 30.8 Å². The highest BCUT2D eigenvalue weighted by Crippen LogP contribution is 2.37. The Bertz CT molecular complexity index is 701. The van der Waals surface area contributed by atoms with Gasteiger partial charge in [-0.2, -0.15) is 0 Å². The van der Waals surface area contributed by atoms with E-state index in [1.165, 1.54) is 0 Å². The first kappa shape index (κ1) is 14.5. The lowest BCUT2D eigenvalue weighted by Crippen LogP contribution is -2.22. The summed E-state index contributed by atoms with van der Waals surface area (Å²) < 4.78 is 15.8. The molecule has 1 aliphatic heterocycles. The van der Waals surface area contributed by atoms with Gasteiger partial charge in [0.25, 0.3) is 0 Å². The number of rotatable bonds is 4. The molecule has 8 heteroatoms. The predicted molar refractivity (Wildman–Crippen MR) is 80.8 cm³/mol. The zero-order valence-electron chi connectivity index (χ0n) is 11.8. The van der Waals surface area contributed by atoms with E-state index >= 15 is 0 Å². The monoisotopic (exact) mass is 323 g/mol. The van der Waals surface area contributed by atoms with Crippen molar-refractivity contribution in [3.63, 3.8) is 0 Å². The van der Waals surface area contributed by atoms with Gasteiger partial charge in [-0.3, -0.25) is 10.1 Å². The summed E-state index contributed by atoms with van der Waals surface area (Å²) in [5.41, 5.74) is 1.29. The van der Waals surface area contributed by atoms with Crippen LogP contribution in [0, 0.1) is 6.92 Å². The first-order valence-electron chi connectivity index (χ1n) is 6.68. The molecule has 7 nitrogen and oxygen atoms in total. The highest BCUT2D eigenvalue weighted by molar-refractivity contribution is 6.33. The van der Waals surface area contributed by atoms with Crippen LogP contribution in [0.2, 0.25) is 5.02 Å². The number of anilines is 2. The Hall–Kier alpha value is -2.41. The largest absolute Gasteiger partial charge is 0.486 e. The Balaban J connectivity index is 1.62. The van der Waals surface area contributed by atoms with Gasteiger partial charge < -0.3 is 19.3 Å². The summed E-state index contributed by atoms with van der Waals surface area (Å²) >= 11 is 6.15. The molecule has 0 atom stereocenters. The second kappa shape index (κ2) is 6.15. The Morgan fingerprint density at radius 2 is 2.00 bits per heavy atom. The van der Waals surface area contributed by atoms with Crippen LogP contribution < -0.4 is 20.1 Å². The maximum absolute atomic E-state index is 11.8. The molecule has 2 heterocycles. The summed E-state index contributed by atoms with van der Waals surface area (Å²) in [5.74, 6) is 1.23. The standard InChI is InChI=1S/C14H14ClN3O4/c1-8-4-14(22-18-8)17-13(19)7-16-10-6-12-11(5-9(10)15)20-2-3-21-12/h4-6,16H,2-3,7H2,1H3,(H,17,19). The van der Waals surface area contributed by atoms with E-state index in [2.05, 4.69) is 15.8 Å². The van der Waals surface area contributed by atoms with Crippen LogP contribution in [0.1, 0.15) is 5.69 Å². The van der Waals surface area contributed by atoms with Crippen LogP contribution in [0.4, 0.5) is 11.6 Å². The molecular formula is C14H14ClN3O4. The third kappa shape index (κ3) is 3.25. The van der Waals surface area contributed by atoms with Gasteiger partial charge >= 0.3 is 0 Å². The SMILES string of the molecule is Cc1cc(NC(=O)CNc2cc3c(cc2Cl)OCCO3)on1. The van der Waals surface area contributed by atoms with Crippen molar-refractivity contribution >= 4 is 29.1 Å². The lowest BCUT2D eigenvalue weighted by atomic mass is 10.2. The zero-order valence-corrected chi connectivity index (χ0v) is 12.6. The topological polar surface area (TPSA) is 85.6 Å². The number of aryl methyl sites for hydroxylation is 1. The quantitative estimate of drug-likeness (QED) is 0.899. The molecule has 1 amide bonds. The van der Waals surface area contributed by atoms with Gasteiger partial charge in [0.15, 0.2) is 11.5 Å². The van der Waals surface area contributed by atoms with E-state index in [-0.39, 0.29) is 12.5 Å². The summed E-state index contributed by atoms with van der Waals surface area (Å²) in [6.07, 6.45) is 0. The zero-order chi connectivity index (χ0) is 15.5. The lowest BCUT2D eigenvalue weighted by Gasteiger charge is -2.20. The number of hydrogen-bond donors (Lipinski definition) is 2. The third-order valence-corrected chi connectivity index (χ3v) is 3.27. The molecule has 0 saturated carbocycles. The molecular weight excluding hydrogens is 310 g/mol. The van der Waals surface area contributed by atoms with Crippen LogP contribution in [0.25, 0.3) is 0 Å². The van der Waals surface area contributed by atoms with E-state index in [0.717, 1.165) is 0 Å². The maximum Gasteiger partial charge on any atom is 0.246 e. The Labute approximate surface area is 131 Å². The number of carbonyl (C=O) groups is 1. The fourth-order valence-corrected chi connectivity index (χ4v) is 2.20. The first-order chi connectivity index (χ1) is 10.6. The average Bonchev–Trinajstić information content (AvgIpc) is 2.90. The second-order valence-corrected chi connectivity index (χ2v) is 5.12. The van der Waals surface area contributed by atoms with Gasteiger partial charge in [-0.15, -0.1) is 0 Å². The Morgan fingerprint density at radius 1 is 1.27 bits per heavy atom. The molecule has 1 aromatic heterocycles. The van der Waals surface area contributed by atoms with Gasteiger partial charge in [-0.1, -0.05) is 16.8 Å². The van der Waals surface area contributed by atoms with E-state index in [1.807, 2.05) is 0 Å². The van der Waals surface area contributed by atoms with Crippen molar-refractivity contribution in [3.05, 3.63) is 28.9 Å². The number of halogens is 1. The molecule has 0 saturated heterocycles. The van der Waals surface area contributed by atoms with Gasteiger partial charge in [0.05, 0.1) is 22.9 Å². The van der Waals surface area contributed by atoms with E-state index in [0.29, 0.717) is 47.0 Å². The average molecular weight is 324 g/mol. The molecule has 22 heavy (non-hydrogen) atoms. The molecule has 0 aliphatic carbocycles. The normalized spacial score (nSPS) is 12.8. The van der Waals surface area contributed by atoms with Crippen molar-refractivity contribution in [2.45, 2.75) is 6.92 Å². The van der Waals surface area contributed by atoms with Gasteiger partial charge in [0.2, 0.25) is 11.8 Å². The van der Waals surface area contributed by atoms with Crippen molar-refractivity contribution in [2.24, 2.45) is 0 Å². The molecule has 2 N–H and O–H groups in total. The number of amides is 1. The van der Waals surface area contributed by atoms with Gasteiger partial charge in [-0.05, 0) is 6.92 Å². The number of nitrogens with zero attached hydrogens (tertiary/aromatic N) is 1. The molecule has 1 aliphatic rings. The molecule has 0 radical (unpaired) electrons. The molecule has 0 fully saturated rings. The number of ether oxygens (including phenoxy) is 2. The van der Waals surface area contributed by atoms with Crippen molar-refractivity contribution in [1.29, 1.82) is 0 Å². The number of hydrogen-bond acceptors (Lipinski definition) is 6. The van der Waals surface area contributed by atoms with Crippen LogP contribution >= 0.6 is 11.6 Å². The van der Waals surface area contributed by atoms with Gasteiger partial charge in [0.1, 0.15) is 13.2 Å². The summed E-state index contributed by atoms with van der Waals surface area (Å²) in [4.78, 5) is 11.8. The summed E-state index contributed by atoms with van der Waals surface area (Å²) in [6, 6.07) is 5.01. The summed E-state index contributed by atoms with van der Waals surface area (Å²) in [6.45, 7) is 2.78. The molecule has 1 aromatic carbocycles. The minimum atomic E-state index is -0.276. The fraction of sp³-hybridized carbons (Fsp3) is 0.286. The van der Waals surface area contributed by atoms with E-state index in [1.54, 1.807) is 25.1 Å². The summed E-state index contributed by atoms with van der Waals surface area (Å²) in [5, 5.41) is 9.67. The Morgan fingerprint density at radius 3 is 2.68 bits per heavy atom. The van der Waals surface area contributed by atoms with E-state index in [9.17, 15) is 4.79 Å². The number of aromatic nitrogens is 1. The van der Waals surface area contributed by atoms with Gasteiger partial charge in [-0.25, -0.2) is 0 Å². The first-order valence-corrected chi connectivity index (χ1v) is 7.06. The van der Waals surface area contributed by atoms with E-state index in [4.69, 9.17) is 25.6 Å². The van der Waals surface area contributed by atoms with Crippen molar-refractivity contribution in [3.8, 4) is 11.5 Å². The van der Waals surface area contributed by atoms with Crippen molar-refractivity contribution in [2.75, 3.05) is 30.4 Å². The van der Waals surface area contributed by atoms with Crippen LogP contribution in [0.5, 0.6) is 11.5 Å². The fourth-order valence-electron chi connectivity index (χ4n) is 1.98. The van der Waals surface area contributed by atoms with Gasteiger partial charge in [0, 0.05) is 18.2 Å². The number of fused-ring (bicyclic) bond motifs is 1. The maximum atomic E-state index is 11.8. The number of nitrogens with one attached hydrogen (secondary N) is 2. The van der Waals surface area contributed by atoms with Crippen LogP contribution in [-0.2, 0) is 4.79 Å². The van der Waals surface area contributed by atoms with E-state index < -0.39 is 0 Å². The molecule has 0 unspecified atom stereocenters. The molecule has 116 valence electrons. The number of benzene rings is 1.